The van der Waals surface area contributed by atoms with Crippen molar-refractivity contribution in [1.29, 1.82) is 0 Å². The lowest BCUT2D eigenvalue weighted by atomic mass is 10.1. The first-order chi connectivity index (χ1) is 8.85. The monoisotopic (exact) mass is 251 g/mol. The van der Waals surface area contributed by atoms with E-state index in [1.807, 2.05) is 0 Å². The van der Waals surface area contributed by atoms with Crippen LogP contribution in [0.4, 0.5) is 0 Å². The molecule has 0 radical (unpaired) electrons. The molecule has 106 valence electrons. The fraction of sp³-hybridized carbons (Fsp3) is 0.882. The van der Waals surface area contributed by atoms with Gasteiger partial charge in [-0.2, -0.15) is 0 Å². The summed E-state index contributed by atoms with van der Waals surface area (Å²) in [7, 11) is 0. The minimum absolute atomic E-state index is 0.281. The van der Waals surface area contributed by atoms with E-state index in [9.17, 15) is 0 Å². The average molecular weight is 251 g/mol. The summed E-state index contributed by atoms with van der Waals surface area (Å²) in [5.41, 5.74) is 0. The molecular weight excluding hydrogens is 218 g/mol. The van der Waals surface area contributed by atoms with Crippen molar-refractivity contribution in [3.8, 4) is 12.3 Å². The summed E-state index contributed by atoms with van der Waals surface area (Å²) in [5, 5.41) is 3.41. The van der Waals surface area contributed by atoms with Gasteiger partial charge in [0, 0.05) is 0 Å². The van der Waals surface area contributed by atoms with Crippen molar-refractivity contribution in [3.63, 3.8) is 0 Å². The lowest BCUT2D eigenvalue weighted by molar-refractivity contribution is 0.526. The number of nitrogens with one attached hydrogen (secondary N) is 1. The molecule has 0 saturated heterocycles. The van der Waals surface area contributed by atoms with Crippen LogP contribution in [0.2, 0.25) is 0 Å². The number of terminal acetylenes is 1. The van der Waals surface area contributed by atoms with Gasteiger partial charge in [-0.3, -0.25) is 0 Å². The molecule has 18 heavy (non-hydrogen) atoms. The molecule has 0 rings (SSSR count). The van der Waals surface area contributed by atoms with E-state index in [-0.39, 0.29) is 6.04 Å². The van der Waals surface area contributed by atoms with Crippen molar-refractivity contribution < 1.29 is 0 Å². The van der Waals surface area contributed by atoms with E-state index in [0.717, 1.165) is 13.0 Å². The summed E-state index contributed by atoms with van der Waals surface area (Å²) in [4.78, 5) is 0. The summed E-state index contributed by atoms with van der Waals surface area (Å²) >= 11 is 0. The van der Waals surface area contributed by atoms with Crippen LogP contribution >= 0.6 is 0 Å². The van der Waals surface area contributed by atoms with Gasteiger partial charge < -0.3 is 5.32 Å². The Kier molecular flexibility index (Phi) is 14.2. The van der Waals surface area contributed by atoms with E-state index < -0.39 is 0 Å². The number of unbranched alkanes of at least 4 members (excludes halogenated alkanes) is 9. The third kappa shape index (κ3) is 12.0. The van der Waals surface area contributed by atoms with E-state index in [1.165, 1.54) is 64.2 Å². The van der Waals surface area contributed by atoms with Gasteiger partial charge in [0.15, 0.2) is 0 Å². The van der Waals surface area contributed by atoms with E-state index in [0.29, 0.717) is 0 Å². The summed E-state index contributed by atoms with van der Waals surface area (Å²) in [5.74, 6) is 2.78. The summed E-state index contributed by atoms with van der Waals surface area (Å²) < 4.78 is 0. The maximum absolute atomic E-state index is 5.40. The van der Waals surface area contributed by atoms with Gasteiger partial charge in [-0.05, 0) is 19.4 Å². The zero-order chi connectivity index (χ0) is 13.5. The van der Waals surface area contributed by atoms with Gasteiger partial charge in [-0.15, -0.1) is 6.42 Å². The highest BCUT2D eigenvalue weighted by atomic mass is 14.9. The fourth-order valence-corrected chi connectivity index (χ4v) is 2.21. The van der Waals surface area contributed by atoms with E-state index in [2.05, 4.69) is 25.1 Å². The smallest absolute Gasteiger partial charge is 0.0684 e. The number of hydrogen-bond donors (Lipinski definition) is 1. The first kappa shape index (κ1) is 17.5. The van der Waals surface area contributed by atoms with Crippen LogP contribution in [0.1, 0.15) is 84.5 Å². The molecule has 0 aliphatic heterocycles. The Hall–Kier alpha value is -0.480. The molecule has 0 aromatic heterocycles. The minimum Gasteiger partial charge on any atom is -0.304 e. The van der Waals surface area contributed by atoms with Crippen molar-refractivity contribution in [3.05, 3.63) is 0 Å². The van der Waals surface area contributed by atoms with E-state index >= 15 is 0 Å². The molecule has 0 saturated carbocycles. The van der Waals surface area contributed by atoms with Gasteiger partial charge in [0.05, 0.1) is 6.04 Å². The molecule has 0 bridgehead atoms. The van der Waals surface area contributed by atoms with Crippen molar-refractivity contribution in [2.24, 2.45) is 0 Å². The van der Waals surface area contributed by atoms with Crippen LogP contribution in [-0.2, 0) is 0 Å². The predicted octanol–water partition coefficient (Wildman–Crippen LogP) is 4.91. The summed E-state index contributed by atoms with van der Waals surface area (Å²) in [6.07, 6.45) is 20.4. The Bertz CT molecular complexity index is 192. The largest absolute Gasteiger partial charge is 0.304 e. The number of hydrogen-bond acceptors (Lipinski definition) is 1. The predicted molar refractivity (Wildman–Crippen MR) is 82.8 cm³/mol. The molecule has 1 heteroatoms. The summed E-state index contributed by atoms with van der Waals surface area (Å²) in [6, 6.07) is 0.281. The molecule has 1 unspecified atom stereocenters. The quantitative estimate of drug-likeness (QED) is 0.362. The maximum Gasteiger partial charge on any atom is 0.0684 e. The second kappa shape index (κ2) is 14.6. The standard InChI is InChI=1S/C17H33N/c1-4-7-8-9-10-11-12-13-14-15-16-18-17(5-2)6-3/h2,17-18H,4,6-16H2,1,3H3. The topological polar surface area (TPSA) is 12.0 Å². The Morgan fingerprint density at radius 1 is 0.833 bits per heavy atom. The van der Waals surface area contributed by atoms with Crippen LogP contribution in [-0.4, -0.2) is 12.6 Å². The van der Waals surface area contributed by atoms with Crippen molar-refractivity contribution in [2.75, 3.05) is 6.54 Å². The van der Waals surface area contributed by atoms with Crippen molar-refractivity contribution in [1.82, 2.24) is 5.32 Å². The van der Waals surface area contributed by atoms with Crippen LogP contribution in [0.3, 0.4) is 0 Å². The maximum atomic E-state index is 5.40. The first-order valence-electron chi connectivity index (χ1n) is 8.04. The number of rotatable bonds is 13. The molecule has 0 aromatic carbocycles. The van der Waals surface area contributed by atoms with Gasteiger partial charge in [-0.1, -0.05) is 77.6 Å². The van der Waals surface area contributed by atoms with Gasteiger partial charge in [-0.25, -0.2) is 0 Å². The Balaban J connectivity index is 3.05. The molecule has 0 aliphatic carbocycles. The van der Waals surface area contributed by atoms with Gasteiger partial charge in [0.1, 0.15) is 0 Å². The van der Waals surface area contributed by atoms with Gasteiger partial charge in [0.25, 0.3) is 0 Å². The van der Waals surface area contributed by atoms with Crippen LogP contribution in [0.5, 0.6) is 0 Å². The molecule has 0 aromatic rings. The zero-order valence-corrected chi connectivity index (χ0v) is 12.6. The van der Waals surface area contributed by atoms with Crippen LogP contribution in [0.15, 0.2) is 0 Å². The molecule has 0 aliphatic rings. The van der Waals surface area contributed by atoms with Gasteiger partial charge in [0.2, 0.25) is 0 Å². The molecule has 1 atom stereocenters. The summed E-state index contributed by atoms with van der Waals surface area (Å²) in [6.45, 7) is 5.49. The average Bonchev–Trinajstić information content (AvgIpc) is 2.40. The lowest BCUT2D eigenvalue weighted by Gasteiger charge is -2.09. The molecule has 1 N–H and O–H groups in total. The Labute approximate surface area is 115 Å². The Morgan fingerprint density at radius 3 is 1.78 bits per heavy atom. The van der Waals surface area contributed by atoms with Crippen molar-refractivity contribution >= 4 is 0 Å². The normalized spacial score (nSPS) is 12.3. The zero-order valence-electron chi connectivity index (χ0n) is 12.6. The van der Waals surface area contributed by atoms with Gasteiger partial charge >= 0.3 is 0 Å². The van der Waals surface area contributed by atoms with Crippen LogP contribution < -0.4 is 5.32 Å². The van der Waals surface area contributed by atoms with Crippen LogP contribution in [0, 0.1) is 12.3 Å². The molecular formula is C17H33N. The minimum atomic E-state index is 0.281. The fourth-order valence-electron chi connectivity index (χ4n) is 2.21. The molecule has 0 amide bonds. The van der Waals surface area contributed by atoms with E-state index in [1.54, 1.807) is 0 Å². The highest BCUT2D eigenvalue weighted by molar-refractivity contribution is 4.97. The molecule has 1 nitrogen and oxygen atoms in total. The molecule has 0 heterocycles. The Morgan fingerprint density at radius 2 is 1.33 bits per heavy atom. The SMILES string of the molecule is C#CC(CC)NCCCCCCCCCCCC. The molecule has 0 spiro atoms. The second-order valence-electron chi connectivity index (χ2n) is 5.26. The third-order valence-electron chi connectivity index (χ3n) is 3.53. The van der Waals surface area contributed by atoms with Crippen LogP contribution in [0.25, 0.3) is 0 Å². The first-order valence-corrected chi connectivity index (χ1v) is 8.04. The molecule has 0 fully saturated rings. The third-order valence-corrected chi connectivity index (χ3v) is 3.53. The highest BCUT2D eigenvalue weighted by Crippen LogP contribution is 2.10. The lowest BCUT2D eigenvalue weighted by Crippen LogP contribution is -2.27. The van der Waals surface area contributed by atoms with Crippen molar-refractivity contribution in [2.45, 2.75) is 90.5 Å². The van der Waals surface area contributed by atoms with E-state index in [4.69, 9.17) is 6.42 Å². The highest BCUT2D eigenvalue weighted by Gasteiger charge is 1.98. The second-order valence-corrected chi connectivity index (χ2v) is 5.26.